The lowest BCUT2D eigenvalue weighted by atomic mass is 10.0. The van der Waals surface area contributed by atoms with Crippen molar-refractivity contribution in [3.63, 3.8) is 0 Å². The van der Waals surface area contributed by atoms with Gasteiger partial charge in [0.05, 0.1) is 20.3 Å². The van der Waals surface area contributed by atoms with E-state index < -0.39 is 0 Å². The number of rotatable bonds is 9. The summed E-state index contributed by atoms with van der Waals surface area (Å²) in [6, 6.07) is 6.24. The molecule has 8 heteroatoms. The van der Waals surface area contributed by atoms with Gasteiger partial charge in [-0.25, -0.2) is 0 Å². The minimum absolute atomic E-state index is 0. The maximum Gasteiger partial charge on any atom is 0.191 e. The van der Waals surface area contributed by atoms with Gasteiger partial charge in [-0.3, -0.25) is 9.89 Å². The molecule has 1 atom stereocenters. The molecule has 1 heterocycles. The number of terminal acetylenes is 1. The minimum Gasteiger partial charge on any atom is -0.493 e. The summed E-state index contributed by atoms with van der Waals surface area (Å²) in [5.74, 6) is 5.09. The second-order valence-corrected chi connectivity index (χ2v) is 7.24. The van der Waals surface area contributed by atoms with Gasteiger partial charge in [0.1, 0.15) is 6.61 Å². The number of morpholine rings is 1. The fourth-order valence-corrected chi connectivity index (χ4v) is 3.37. The zero-order valence-corrected chi connectivity index (χ0v) is 20.8. The van der Waals surface area contributed by atoms with Crippen molar-refractivity contribution in [3.05, 3.63) is 23.8 Å². The molecule has 0 radical (unpaired) electrons. The Kier molecular flexibility index (Phi) is 12.6. The van der Waals surface area contributed by atoms with Crippen LogP contribution in [0.5, 0.6) is 11.5 Å². The lowest BCUT2D eigenvalue weighted by Gasteiger charge is -2.37. The number of halogens is 1. The summed E-state index contributed by atoms with van der Waals surface area (Å²) in [4.78, 5) is 6.85. The Morgan fingerprint density at radius 1 is 1.27 bits per heavy atom. The molecular weight excluding hydrogens is 495 g/mol. The molecule has 1 aromatic rings. The molecule has 168 valence electrons. The average Bonchev–Trinajstić information content (AvgIpc) is 2.75. The first kappa shape index (κ1) is 26.3. The van der Waals surface area contributed by atoms with Crippen LogP contribution in [-0.2, 0) is 11.3 Å². The molecule has 7 nitrogen and oxygen atoms in total. The first-order valence-corrected chi connectivity index (χ1v) is 10.1. The molecule has 2 N–H and O–H groups in total. The maximum absolute atomic E-state index is 5.57. The molecule has 1 saturated heterocycles. The van der Waals surface area contributed by atoms with Gasteiger partial charge in [-0.1, -0.05) is 25.8 Å². The number of aliphatic imine (C=N–C) groups is 1. The molecule has 0 amide bonds. The Morgan fingerprint density at radius 2 is 2.00 bits per heavy atom. The van der Waals surface area contributed by atoms with E-state index in [1.807, 2.05) is 18.2 Å². The lowest BCUT2D eigenvalue weighted by Crippen LogP contribution is -2.52. The number of hydrogen-bond donors (Lipinski definition) is 2. The number of nitrogens with zero attached hydrogens (tertiary/aromatic N) is 2. The van der Waals surface area contributed by atoms with E-state index in [2.05, 4.69) is 40.3 Å². The predicted molar refractivity (Wildman–Crippen MR) is 132 cm³/mol. The standard InChI is InChI=1S/C22H34N4O3.HI/c1-6-11-29-21-14-18(7-8-20(21)27-5)15-24-22(23-4)25-16-19(17(2)3)26-9-12-28-13-10-26;/h1,7-8,14,17,19H,9-13,15-16H2,2-5H3,(H2,23,24,25);1H. The van der Waals surface area contributed by atoms with Crippen LogP contribution in [0.2, 0.25) is 0 Å². The smallest absolute Gasteiger partial charge is 0.191 e. The van der Waals surface area contributed by atoms with Crippen molar-refractivity contribution in [3.8, 4) is 23.8 Å². The maximum atomic E-state index is 5.57. The van der Waals surface area contributed by atoms with Gasteiger partial charge in [0.25, 0.3) is 0 Å². The van der Waals surface area contributed by atoms with Gasteiger partial charge < -0.3 is 24.8 Å². The van der Waals surface area contributed by atoms with Crippen LogP contribution in [0.1, 0.15) is 19.4 Å². The van der Waals surface area contributed by atoms with E-state index in [1.54, 1.807) is 14.2 Å². The van der Waals surface area contributed by atoms with E-state index in [-0.39, 0.29) is 30.6 Å². The predicted octanol–water partition coefficient (Wildman–Crippen LogP) is 2.35. The third kappa shape index (κ3) is 8.20. The monoisotopic (exact) mass is 530 g/mol. The summed E-state index contributed by atoms with van der Waals surface area (Å²) in [6.07, 6.45) is 5.29. The van der Waals surface area contributed by atoms with Crippen molar-refractivity contribution in [2.24, 2.45) is 10.9 Å². The molecule has 2 rings (SSSR count). The largest absolute Gasteiger partial charge is 0.493 e. The number of methoxy groups -OCH3 is 1. The van der Waals surface area contributed by atoms with E-state index in [4.69, 9.17) is 20.6 Å². The van der Waals surface area contributed by atoms with Crippen LogP contribution in [0.4, 0.5) is 0 Å². The van der Waals surface area contributed by atoms with Crippen LogP contribution in [0.15, 0.2) is 23.2 Å². The van der Waals surface area contributed by atoms with Crippen molar-refractivity contribution in [2.75, 3.05) is 53.6 Å². The zero-order valence-electron chi connectivity index (χ0n) is 18.4. The summed E-state index contributed by atoms with van der Waals surface area (Å²) < 4.78 is 16.4. The molecule has 1 unspecified atom stereocenters. The molecular formula is C22H35IN4O3. The quantitative estimate of drug-likeness (QED) is 0.221. The first-order chi connectivity index (χ1) is 14.1. The van der Waals surface area contributed by atoms with E-state index in [0.29, 0.717) is 30.0 Å². The average molecular weight is 530 g/mol. The summed E-state index contributed by atoms with van der Waals surface area (Å²) in [5, 5.41) is 6.83. The van der Waals surface area contributed by atoms with E-state index in [9.17, 15) is 0 Å². The Morgan fingerprint density at radius 3 is 2.60 bits per heavy atom. The van der Waals surface area contributed by atoms with Crippen molar-refractivity contribution in [1.29, 1.82) is 0 Å². The number of nitrogens with one attached hydrogen (secondary N) is 2. The molecule has 1 fully saturated rings. The van der Waals surface area contributed by atoms with Crippen LogP contribution in [-0.4, -0.2) is 70.5 Å². The SMILES string of the molecule is C#CCOc1cc(CNC(=NC)NCC(C(C)C)N2CCOCC2)ccc1OC.I. The van der Waals surface area contributed by atoms with Crippen molar-refractivity contribution < 1.29 is 14.2 Å². The normalized spacial score (nSPS) is 15.7. The zero-order chi connectivity index (χ0) is 21.1. The summed E-state index contributed by atoms with van der Waals surface area (Å²) >= 11 is 0. The van der Waals surface area contributed by atoms with Gasteiger partial charge >= 0.3 is 0 Å². The highest BCUT2D eigenvalue weighted by atomic mass is 127. The van der Waals surface area contributed by atoms with Gasteiger partial charge in [-0.15, -0.1) is 30.4 Å². The van der Waals surface area contributed by atoms with Crippen LogP contribution in [0.25, 0.3) is 0 Å². The highest BCUT2D eigenvalue weighted by Gasteiger charge is 2.23. The summed E-state index contributed by atoms with van der Waals surface area (Å²) in [5.41, 5.74) is 1.05. The Hall–Kier alpha value is -1.70. The minimum atomic E-state index is 0. The summed E-state index contributed by atoms with van der Waals surface area (Å²) in [7, 11) is 3.39. The molecule has 0 saturated carbocycles. The Balaban J connectivity index is 0.00000450. The van der Waals surface area contributed by atoms with Crippen molar-refractivity contribution in [1.82, 2.24) is 15.5 Å². The molecule has 1 aliphatic heterocycles. The number of guanidine groups is 1. The number of ether oxygens (including phenoxy) is 3. The third-order valence-corrected chi connectivity index (χ3v) is 4.99. The second-order valence-electron chi connectivity index (χ2n) is 7.24. The van der Waals surface area contributed by atoms with Crippen LogP contribution >= 0.6 is 24.0 Å². The van der Waals surface area contributed by atoms with Gasteiger partial charge in [0, 0.05) is 39.3 Å². The first-order valence-electron chi connectivity index (χ1n) is 10.1. The summed E-state index contributed by atoms with van der Waals surface area (Å²) in [6.45, 7) is 9.71. The van der Waals surface area contributed by atoms with Crippen LogP contribution in [0, 0.1) is 18.3 Å². The van der Waals surface area contributed by atoms with E-state index in [1.165, 1.54) is 0 Å². The molecule has 0 aromatic heterocycles. The Bertz CT molecular complexity index is 700. The lowest BCUT2D eigenvalue weighted by molar-refractivity contribution is 0.00752. The van der Waals surface area contributed by atoms with Crippen LogP contribution < -0.4 is 20.1 Å². The van der Waals surface area contributed by atoms with E-state index >= 15 is 0 Å². The third-order valence-electron chi connectivity index (χ3n) is 4.99. The topological polar surface area (TPSA) is 67.4 Å². The number of benzene rings is 1. The molecule has 0 spiro atoms. The molecule has 1 aliphatic rings. The molecule has 30 heavy (non-hydrogen) atoms. The molecule has 0 aliphatic carbocycles. The van der Waals surface area contributed by atoms with E-state index in [0.717, 1.165) is 44.4 Å². The molecule has 1 aromatic carbocycles. The molecule has 0 bridgehead atoms. The van der Waals surface area contributed by atoms with Gasteiger partial charge in [-0.05, 0) is 23.6 Å². The van der Waals surface area contributed by atoms with Gasteiger partial charge in [0.15, 0.2) is 17.5 Å². The second kappa shape index (κ2) is 14.3. The number of hydrogen-bond acceptors (Lipinski definition) is 5. The van der Waals surface area contributed by atoms with Crippen molar-refractivity contribution >= 4 is 29.9 Å². The highest BCUT2D eigenvalue weighted by Crippen LogP contribution is 2.27. The fourth-order valence-electron chi connectivity index (χ4n) is 3.37. The van der Waals surface area contributed by atoms with Gasteiger partial charge in [-0.2, -0.15) is 0 Å². The highest BCUT2D eigenvalue weighted by molar-refractivity contribution is 14.0. The van der Waals surface area contributed by atoms with Crippen LogP contribution in [0.3, 0.4) is 0 Å². The van der Waals surface area contributed by atoms with Crippen molar-refractivity contribution in [2.45, 2.75) is 26.4 Å². The van der Waals surface area contributed by atoms with Gasteiger partial charge in [0.2, 0.25) is 0 Å². The Labute approximate surface area is 198 Å². The fraction of sp³-hybridized carbons (Fsp3) is 0.591.